The SMILES string of the molecule is N#Cc1c(NC=O)sc2c1CCC(CO)C2. The van der Waals surface area contributed by atoms with E-state index in [0.717, 1.165) is 29.7 Å². The Labute approximate surface area is 97.5 Å². The molecule has 16 heavy (non-hydrogen) atoms. The van der Waals surface area contributed by atoms with Crippen LogP contribution >= 0.6 is 11.3 Å². The third-order valence-electron chi connectivity index (χ3n) is 2.93. The Morgan fingerprint density at radius 2 is 2.50 bits per heavy atom. The van der Waals surface area contributed by atoms with E-state index in [9.17, 15) is 4.79 Å². The molecule has 1 heterocycles. The lowest BCUT2D eigenvalue weighted by molar-refractivity contribution is -0.105. The van der Waals surface area contributed by atoms with Gasteiger partial charge in [-0.1, -0.05) is 0 Å². The quantitative estimate of drug-likeness (QED) is 0.776. The van der Waals surface area contributed by atoms with E-state index in [-0.39, 0.29) is 6.61 Å². The van der Waals surface area contributed by atoms with Gasteiger partial charge in [-0.25, -0.2) is 0 Å². The van der Waals surface area contributed by atoms with Gasteiger partial charge in [0.05, 0.1) is 5.56 Å². The number of hydrogen-bond acceptors (Lipinski definition) is 4. The van der Waals surface area contributed by atoms with Gasteiger partial charge in [0.15, 0.2) is 0 Å². The summed E-state index contributed by atoms with van der Waals surface area (Å²) in [6.45, 7) is 0.190. The average Bonchev–Trinajstić information content (AvgIpc) is 2.65. The van der Waals surface area contributed by atoms with Crippen LogP contribution in [0.25, 0.3) is 0 Å². The maximum absolute atomic E-state index is 10.4. The number of rotatable bonds is 3. The molecule has 1 unspecified atom stereocenters. The minimum atomic E-state index is 0.190. The van der Waals surface area contributed by atoms with Crippen molar-refractivity contribution in [1.29, 1.82) is 5.26 Å². The topological polar surface area (TPSA) is 73.1 Å². The normalized spacial score (nSPS) is 18.6. The smallest absolute Gasteiger partial charge is 0.212 e. The molecule has 1 aromatic rings. The van der Waals surface area contributed by atoms with E-state index in [4.69, 9.17) is 10.4 Å². The molecular formula is C11H12N2O2S. The molecule has 5 heteroatoms. The molecular weight excluding hydrogens is 224 g/mol. The van der Waals surface area contributed by atoms with Gasteiger partial charge in [-0.3, -0.25) is 4.79 Å². The van der Waals surface area contributed by atoms with Crippen LogP contribution in [0.1, 0.15) is 22.4 Å². The molecule has 0 aliphatic heterocycles. The highest BCUT2D eigenvalue weighted by Crippen LogP contribution is 2.38. The molecule has 84 valence electrons. The minimum Gasteiger partial charge on any atom is -0.396 e. The first-order valence-electron chi connectivity index (χ1n) is 5.15. The monoisotopic (exact) mass is 236 g/mol. The number of carbonyl (C=O) groups excluding carboxylic acids is 1. The van der Waals surface area contributed by atoms with Crippen molar-refractivity contribution in [2.75, 3.05) is 11.9 Å². The lowest BCUT2D eigenvalue weighted by atomic mass is 9.88. The van der Waals surface area contributed by atoms with Gasteiger partial charge in [0, 0.05) is 11.5 Å². The van der Waals surface area contributed by atoms with Gasteiger partial charge in [-0.2, -0.15) is 5.26 Å². The number of amides is 1. The summed E-state index contributed by atoms with van der Waals surface area (Å²) in [5.41, 5.74) is 1.66. The van der Waals surface area contributed by atoms with Crippen LogP contribution in [-0.2, 0) is 17.6 Å². The number of aliphatic hydroxyl groups is 1. The highest BCUT2D eigenvalue weighted by Gasteiger charge is 2.25. The molecule has 0 spiro atoms. The van der Waals surface area contributed by atoms with Crippen LogP contribution in [0.15, 0.2) is 0 Å². The zero-order valence-electron chi connectivity index (χ0n) is 8.69. The molecule has 1 aliphatic rings. The van der Waals surface area contributed by atoms with Crippen LogP contribution in [0.3, 0.4) is 0 Å². The number of hydrogen-bond donors (Lipinski definition) is 2. The van der Waals surface area contributed by atoms with Crippen LogP contribution in [-0.4, -0.2) is 18.1 Å². The number of nitrogens with one attached hydrogen (secondary N) is 1. The predicted octanol–water partition coefficient (Wildman–Crippen LogP) is 1.29. The molecule has 0 saturated heterocycles. The van der Waals surface area contributed by atoms with E-state index in [1.54, 1.807) is 0 Å². The first kappa shape index (κ1) is 11.1. The maximum atomic E-state index is 10.4. The van der Waals surface area contributed by atoms with Crippen molar-refractivity contribution in [3.63, 3.8) is 0 Å². The Hall–Kier alpha value is -1.38. The van der Waals surface area contributed by atoms with Gasteiger partial charge in [0.25, 0.3) is 0 Å². The van der Waals surface area contributed by atoms with Crippen molar-refractivity contribution in [1.82, 2.24) is 0 Å². The molecule has 0 fully saturated rings. The van der Waals surface area contributed by atoms with Crippen molar-refractivity contribution in [2.45, 2.75) is 19.3 Å². The van der Waals surface area contributed by atoms with E-state index in [2.05, 4.69) is 11.4 Å². The van der Waals surface area contributed by atoms with Gasteiger partial charge >= 0.3 is 0 Å². The van der Waals surface area contributed by atoms with Crippen LogP contribution in [0.4, 0.5) is 5.00 Å². The fourth-order valence-electron chi connectivity index (χ4n) is 2.08. The zero-order valence-corrected chi connectivity index (χ0v) is 9.51. The van der Waals surface area contributed by atoms with E-state index < -0.39 is 0 Å². The standard InChI is InChI=1S/C11H12N2O2S/c12-4-9-8-2-1-7(5-14)3-10(8)16-11(9)13-6-15/h6-7,14H,1-3,5H2,(H,13,15). The predicted molar refractivity (Wildman–Crippen MR) is 61.3 cm³/mol. The van der Waals surface area contributed by atoms with Crippen LogP contribution in [0.5, 0.6) is 0 Å². The summed E-state index contributed by atoms with van der Waals surface area (Å²) in [5.74, 6) is 0.293. The third kappa shape index (κ3) is 1.82. The van der Waals surface area contributed by atoms with Gasteiger partial charge in [0.2, 0.25) is 6.41 Å². The van der Waals surface area contributed by atoms with Gasteiger partial charge in [-0.05, 0) is 30.7 Å². The zero-order chi connectivity index (χ0) is 11.5. The number of nitrogens with zero attached hydrogens (tertiary/aromatic N) is 1. The highest BCUT2D eigenvalue weighted by molar-refractivity contribution is 7.16. The van der Waals surface area contributed by atoms with Crippen LogP contribution < -0.4 is 5.32 Å². The summed E-state index contributed by atoms with van der Waals surface area (Å²) >= 11 is 1.45. The second-order valence-corrected chi connectivity index (χ2v) is 4.98. The molecule has 1 aromatic heterocycles. The molecule has 2 rings (SSSR count). The minimum absolute atomic E-state index is 0.190. The summed E-state index contributed by atoms with van der Waals surface area (Å²) in [7, 11) is 0. The lowest BCUT2D eigenvalue weighted by Crippen LogP contribution is -2.16. The molecule has 1 amide bonds. The largest absolute Gasteiger partial charge is 0.396 e. The third-order valence-corrected chi connectivity index (χ3v) is 4.11. The summed E-state index contributed by atoms with van der Waals surface area (Å²) < 4.78 is 0. The highest BCUT2D eigenvalue weighted by atomic mass is 32.1. The van der Waals surface area contributed by atoms with Crippen molar-refractivity contribution in [3.8, 4) is 6.07 Å². The van der Waals surface area contributed by atoms with Crippen molar-refractivity contribution < 1.29 is 9.90 Å². The molecule has 0 bridgehead atoms. The molecule has 0 aromatic carbocycles. The average molecular weight is 236 g/mol. The Kier molecular flexibility index (Phi) is 3.22. The Morgan fingerprint density at radius 1 is 1.69 bits per heavy atom. The van der Waals surface area contributed by atoms with E-state index in [0.29, 0.717) is 22.9 Å². The summed E-state index contributed by atoms with van der Waals surface area (Å²) in [5, 5.41) is 21.4. The molecule has 0 saturated carbocycles. The van der Waals surface area contributed by atoms with Gasteiger partial charge in [-0.15, -0.1) is 11.3 Å². The maximum Gasteiger partial charge on any atom is 0.212 e. The number of aliphatic hydroxyl groups excluding tert-OH is 1. The first-order valence-corrected chi connectivity index (χ1v) is 5.97. The second kappa shape index (κ2) is 4.64. The van der Waals surface area contributed by atoms with Gasteiger partial charge < -0.3 is 10.4 Å². The number of anilines is 1. The number of thiophene rings is 1. The van der Waals surface area contributed by atoms with Gasteiger partial charge in [0.1, 0.15) is 11.1 Å². The summed E-state index contributed by atoms with van der Waals surface area (Å²) in [6, 6.07) is 2.15. The summed E-state index contributed by atoms with van der Waals surface area (Å²) in [6.07, 6.45) is 3.14. The molecule has 1 aliphatic carbocycles. The van der Waals surface area contributed by atoms with Crippen molar-refractivity contribution in [2.24, 2.45) is 5.92 Å². The lowest BCUT2D eigenvalue weighted by Gasteiger charge is -2.19. The molecule has 2 N–H and O–H groups in total. The van der Waals surface area contributed by atoms with E-state index in [1.165, 1.54) is 11.3 Å². The summed E-state index contributed by atoms with van der Waals surface area (Å²) in [4.78, 5) is 11.6. The Bertz CT molecular complexity index is 448. The molecule has 1 atom stereocenters. The molecule has 4 nitrogen and oxygen atoms in total. The Balaban J connectivity index is 2.37. The fraction of sp³-hybridized carbons (Fsp3) is 0.455. The second-order valence-electron chi connectivity index (χ2n) is 3.87. The van der Waals surface area contributed by atoms with Crippen molar-refractivity contribution in [3.05, 3.63) is 16.0 Å². The Morgan fingerprint density at radius 3 is 3.12 bits per heavy atom. The van der Waals surface area contributed by atoms with E-state index >= 15 is 0 Å². The van der Waals surface area contributed by atoms with Crippen molar-refractivity contribution >= 4 is 22.7 Å². The number of nitriles is 1. The number of carbonyl (C=O) groups is 1. The molecule has 0 radical (unpaired) electrons. The van der Waals surface area contributed by atoms with E-state index in [1.807, 2.05) is 0 Å². The first-order chi connectivity index (χ1) is 7.80. The van der Waals surface area contributed by atoms with Crippen LogP contribution in [0, 0.1) is 17.2 Å². The number of fused-ring (bicyclic) bond motifs is 1. The fourth-order valence-corrected chi connectivity index (χ4v) is 3.35. The van der Waals surface area contributed by atoms with Crippen LogP contribution in [0.2, 0.25) is 0 Å².